The fourth-order valence-electron chi connectivity index (χ4n) is 5.24. The van der Waals surface area contributed by atoms with E-state index in [0.717, 1.165) is 73.4 Å². The molecule has 1 fully saturated rings. The Morgan fingerprint density at radius 1 is 1.05 bits per heavy atom. The molecule has 0 aliphatic carbocycles. The number of fused-ring (bicyclic) bond motifs is 3. The summed E-state index contributed by atoms with van der Waals surface area (Å²) < 4.78 is 6.97. The number of benzene rings is 2. The average molecular weight is 618 g/mol. The van der Waals surface area contributed by atoms with Crippen molar-refractivity contribution in [2.45, 2.75) is 30.5 Å². The van der Waals surface area contributed by atoms with Crippen molar-refractivity contribution in [3.8, 4) is 5.69 Å². The highest BCUT2D eigenvalue weighted by Crippen LogP contribution is 2.37. The quantitative estimate of drug-likeness (QED) is 0.191. The first-order chi connectivity index (χ1) is 20.0. The molecule has 9 nitrogen and oxygen atoms in total. The van der Waals surface area contributed by atoms with Gasteiger partial charge < -0.3 is 14.7 Å². The zero-order chi connectivity index (χ0) is 28.8. The molecule has 2 aliphatic heterocycles. The minimum absolute atomic E-state index is 0.193. The third-order valence-corrected chi connectivity index (χ3v) is 8.99. The molecule has 12 heteroatoms. The van der Waals surface area contributed by atoms with Crippen LogP contribution in [-0.2, 0) is 9.53 Å². The van der Waals surface area contributed by atoms with Gasteiger partial charge in [0.15, 0.2) is 11.0 Å². The number of aliphatic hydroxyl groups is 1. The fourth-order valence-corrected chi connectivity index (χ4v) is 6.51. The largest absolute Gasteiger partial charge is 0.469 e. The van der Waals surface area contributed by atoms with Gasteiger partial charge in [0.25, 0.3) is 0 Å². The van der Waals surface area contributed by atoms with Gasteiger partial charge in [-0.15, -0.1) is 10.2 Å². The number of rotatable bonds is 11. The van der Waals surface area contributed by atoms with Crippen LogP contribution in [0.5, 0.6) is 0 Å². The number of methoxy groups -OCH3 is 1. The van der Waals surface area contributed by atoms with Gasteiger partial charge in [-0.2, -0.15) is 0 Å². The summed E-state index contributed by atoms with van der Waals surface area (Å²) in [5.41, 5.74) is 3.18. The molecule has 41 heavy (non-hydrogen) atoms. The second-order valence-electron chi connectivity index (χ2n) is 10.0. The van der Waals surface area contributed by atoms with Crippen LogP contribution in [0.2, 0.25) is 10.0 Å². The first kappa shape index (κ1) is 30.0. The normalized spacial score (nSPS) is 17.5. The van der Waals surface area contributed by atoms with E-state index in [1.54, 1.807) is 11.8 Å². The number of hydrogen-bond donors (Lipinski definition) is 1. The van der Waals surface area contributed by atoms with E-state index in [2.05, 4.69) is 24.6 Å². The number of hydrogen-bond acceptors (Lipinski definition) is 9. The monoisotopic (exact) mass is 616 g/mol. The summed E-state index contributed by atoms with van der Waals surface area (Å²) >= 11 is 14.8. The van der Waals surface area contributed by atoms with E-state index >= 15 is 0 Å². The summed E-state index contributed by atoms with van der Waals surface area (Å²) in [6, 6.07) is 12.9. The molecule has 1 saturated heterocycles. The van der Waals surface area contributed by atoms with Crippen LogP contribution in [0.25, 0.3) is 5.69 Å². The van der Waals surface area contributed by atoms with Crippen LogP contribution in [0.1, 0.15) is 42.3 Å². The predicted octanol–water partition coefficient (Wildman–Crippen LogP) is 4.51. The molecule has 1 atom stereocenters. The smallest absolute Gasteiger partial charge is 0.305 e. The topological polar surface area (TPSA) is 96.1 Å². The van der Waals surface area contributed by atoms with E-state index in [0.29, 0.717) is 28.0 Å². The first-order valence-corrected chi connectivity index (χ1v) is 15.6. The number of aliphatic hydroxyl groups excluding tert-OH is 1. The number of aliphatic imine (C=N–C) groups is 1. The standard InChI is InChI=1S/C29H34Cl2N6O3S/c1-40-26(39)10-8-24-28-33-34-29(41-18-4-11-35-12-14-36(15-13-35)16-17-38)37(28)25-9-7-20(30)19-22(25)27(32-24)21-5-2-3-6-23(21)31/h2-3,5-7,9,19,24,38H,4,8,10-18H2,1H3/t24-/m0/s1. The maximum Gasteiger partial charge on any atom is 0.305 e. The second kappa shape index (κ2) is 14.1. The Labute approximate surface area is 254 Å². The highest BCUT2D eigenvalue weighted by Gasteiger charge is 2.30. The lowest BCUT2D eigenvalue weighted by molar-refractivity contribution is -0.140. The summed E-state index contributed by atoms with van der Waals surface area (Å²) in [5.74, 6) is 1.24. The number of esters is 1. The predicted molar refractivity (Wildman–Crippen MR) is 163 cm³/mol. The average Bonchev–Trinajstić information content (AvgIpc) is 3.34. The van der Waals surface area contributed by atoms with Crippen molar-refractivity contribution in [3.63, 3.8) is 0 Å². The minimum Gasteiger partial charge on any atom is -0.469 e. The number of ether oxygens (including phenoxy) is 1. The van der Waals surface area contributed by atoms with Crippen LogP contribution >= 0.6 is 35.0 Å². The van der Waals surface area contributed by atoms with Crippen LogP contribution in [0, 0.1) is 0 Å². The highest BCUT2D eigenvalue weighted by molar-refractivity contribution is 7.99. The number of thioether (sulfide) groups is 1. The van der Waals surface area contributed by atoms with Crippen LogP contribution in [0.3, 0.4) is 0 Å². The van der Waals surface area contributed by atoms with Crippen molar-refractivity contribution in [2.75, 3.05) is 58.7 Å². The van der Waals surface area contributed by atoms with Gasteiger partial charge in [-0.3, -0.25) is 19.3 Å². The van der Waals surface area contributed by atoms with E-state index in [1.807, 2.05) is 42.5 Å². The molecule has 2 aromatic carbocycles. The third kappa shape index (κ3) is 7.13. The van der Waals surface area contributed by atoms with Crippen LogP contribution in [0.15, 0.2) is 52.6 Å². The number of carbonyl (C=O) groups is 1. The molecule has 0 spiro atoms. The lowest BCUT2D eigenvalue weighted by Crippen LogP contribution is -2.47. The van der Waals surface area contributed by atoms with Crippen molar-refractivity contribution in [1.82, 2.24) is 24.6 Å². The Morgan fingerprint density at radius 2 is 1.80 bits per heavy atom. The fraction of sp³-hybridized carbons (Fsp3) is 0.448. The minimum atomic E-state index is -0.441. The van der Waals surface area contributed by atoms with Gasteiger partial charge in [-0.1, -0.05) is 53.2 Å². The second-order valence-corrected chi connectivity index (χ2v) is 11.9. The van der Waals surface area contributed by atoms with Crippen molar-refractivity contribution in [3.05, 3.63) is 69.5 Å². The highest BCUT2D eigenvalue weighted by atomic mass is 35.5. The molecule has 0 radical (unpaired) electrons. The summed E-state index contributed by atoms with van der Waals surface area (Å²) in [6.07, 6.45) is 1.61. The van der Waals surface area contributed by atoms with E-state index < -0.39 is 6.04 Å². The Bertz CT molecular complexity index is 1390. The van der Waals surface area contributed by atoms with Gasteiger partial charge in [0.2, 0.25) is 0 Å². The lowest BCUT2D eigenvalue weighted by atomic mass is 10.00. The van der Waals surface area contributed by atoms with Crippen LogP contribution < -0.4 is 0 Å². The molecule has 0 unspecified atom stereocenters. The maximum atomic E-state index is 12.1. The number of halogens is 2. The number of aromatic nitrogens is 3. The molecular weight excluding hydrogens is 583 g/mol. The van der Waals surface area contributed by atoms with Gasteiger partial charge >= 0.3 is 5.97 Å². The molecule has 218 valence electrons. The van der Waals surface area contributed by atoms with Crippen molar-refractivity contribution in [2.24, 2.45) is 4.99 Å². The summed E-state index contributed by atoms with van der Waals surface area (Å²) in [6.45, 7) is 5.98. The number of piperazine rings is 1. The van der Waals surface area contributed by atoms with Gasteiger partial charge in [0, 0.05) is 66.1 Å². The molecule has 0 bridgehead atoms. The van der Waals surface area contributed by atoms with Crippen LogP contribution in [0.4, 0.5) is 0 Å². The lowest BCUT2D eigenvalue weighted by Gasteiger charge is -2.34. The number of nitrogens with zero attached hydrogens (tertiary/aromatic N) is 6. The Hall–Kier alpha value is -2.47. The zero-order valence-corrected chi connectivity index (χ0v) is 25.3. The summed E-state index contributed by atoms with van der Waals surface area (Å²) in [5, 5.41) is 20.3. The SMILES string of the molecule is COC(=O)CC[C@@H]1N=C(c2ccccc2Cl)c2cc(Cl)ccc2-n2c(SCCCN3CCN(CCO)CC3)nnc21. The number of carbonyl (C=O) groups excluding carboxylic acids is 1. The zero-order valence-electron chi connectivity index (χ0n) is 23.0. The van der Waals surface area contributed by atoms with E-state index in [1.165, 1.54) is 7.11 Å². The summed E-state index contributed by atoms with van der Waals surface area (Å²) in [4.78, 5) is 22.0. The molecule has 2 aliphatic rings. The molecule has 0 amide bonds. The third-order valence-electron chi connectivity index (χ3n) is 7.41. The molecular formula is C29H34Cl2N6O3S. The van der Waals surface area contributed by atoms with Gasteiger partial charge in [0.05, 0.1) is 25.1 Å². The van der Waals surface area contributed by atoms with E-state index in [-0.39, 0.29) is 19.0 Å². The van der Waals surface area contributed by atoms with Gasteiger partial charge in [-0.25, -0.2) is 0 Å². The number of β-amino-alcohol motifs (C(OH)–C–C–N with tert-alkyl or cyclic N) is 1. The van der Waals surface area contributed by atoms with E-state index in [4.69, 9.17) is 32.9 Å². The Balaban J connectivity index is 1.41. The van der Waals surface area contributed by atoms with Crippen LogP contribution in [-0.4, -0.2) is 100 Å². The summed E-state index contributed by atoms with van der Waals surface area (Å²) in [7, 11) is 1.39. The van der Waals surface area contributed by atoms with Crippen molar-refractivity contribution < 1.29 is 14.6 Å². The van der Waals surface area contributed by atoms with Crippen molar-refractivity contribution >= 4 is 46.6 Å². The molecule has 1 aromatic heterocycles. The Kier molecular flexibility index (Phi) is 10.3. The molecule has 3 aromatic rings. The molecule has 3 heterocycles. The molecule has 0 saturated carbocycles. The Morgan fingerprint density at radius 3 is 2.54 bits per heavy atom. The molecule has 1 N–H and O–H groups in total. The first-order valence-electron chi connectivity index (χ1n) is 13.8. The van der Waals surface area contributed by atoms with E-state index in [9.17, 15) is 9.90 Å². The van der Waals surface area contributed by atoms with Gasteiger partial charge in [-0.05, 0) is 43.7 Å². The van der Waals surface area contributed by atoms with Crippen molar-refractivity contribution in [1.29, 1.82) is 0 Å². The molecule has 5 rings (SSSR count). The maximum absolute atomic E-state index is 12.1. The van der Waals surface area contributed by atoms with Gasteiger partial charge in [0.1, 0.15) is 6.04 Å².